The van der Waals surface area contributed by atoms with Gasteiger partial charge in [-0.25, -0.2) is 4.98 Å². The number of aromatic nitrogens is 4. The summed E-state index contributed by atoms with van der Waals surface area (Å²) in [5.41, 5.74) is 6.13. The Balaban J connectivity index is 1.74. The second kappa shape index (κ2) is 11.2. The van der Waals surface area contributed by atoms with E-state index in [2.05, 4.69) is 26.9 Å². The van der Waals surface area contributed by atoms with E-state index in [-0.39, 0.29) is 28.5 Å². The number of nitrogens with zero attached hydrogens (tertiary/aromatic N) is 6. The van der Waals surface area contributed by atoms with E-state index < -0.39 is 29.0 Å². The van der Waals surface area contributed by atoms with Crippen molar-refractivity contribution in [3.05, 3.63) is 46.3 Å². The Morgan fingerprint density at radius 2 is 1.95 bits per heavy atom. The van der Waals surface area contributed by atoms with Crippen LogP contribution in [0.2, 0.25) is 5.02 Å². The third kappa shape index (κ3) is 5.20. The van der Waals surface area contributed by atoms with Crippen LogP contribution >= 0.6 is 11.6 Å². The first-order valence-electron chi connectivity index (χ1n) is 11.6. The molecule has 1 amide bonds. The fraction of sp³-hybridized carbons (Fsp3) is 0.360. The van der Waals surface area contributed by atoms with Gasteiger partial charge in [0.1, 0.15) is 17.1 Å². The summed E-state index contributed by atoms with van der Waals surface area (Å²) < 4.78 is 41.0. The number of hydrogen-bond acceptors (Lipinski definition) is 8. The number of likely N-dealkylation sites (tertiary alicyclic amines) is 1. The number of ether oxygens (including phenoxy) is 2. The van der Waals surface area contributed by atoms with E-state index in [1.165, 1.54) is 20.4 Å². The molecule has 0 aromatic carbocycles. The number of rotatable bonds is 6. The Morgan fingerprint density at radius 3 is 2.58 bits per heavy atom. The smallest absolute Gasteiger partial charge is 0.254 e. The first kappa shape index (κ1) is 27.1. The number of carbonyl (C=O) groups excluding carboxylic acids is 1. The van der Waals surface area contributed by atoms with Crippen LogP contribution in [-0.4, -0.2) is 83.4 Å². The first-order chi connectivity index (χ1) is 18.2. The predicted molar refractivity (Wildman–Crippen MR) is 138 cm³/mol. The minimum Gasteiger partial charge on any atom is -0.479 e. The summed E-state index contributed by atoms with van der Waals surface area (Å²) in [5, 5.41) is 5.20. The average molecular weight is 546 g/mol. The Labute approximate surface area is 223 Å². The Morgan fingerprint density at radius 1 is 1.26 bits per heavy atom. The van der Waals surface area contributed by atoms with Gasteiger partial charge in [0.15, 0.2) is 0 Å². The van der Waals surface area contributed by atoms with Crippen LogP contribution in [0.25, 0.3) is 10.9 Å². The average Bonchev–Trinajstić information content (AvgIpc) is 3.52. The lowest BCUT2D eigenvalue weighted by molar-refractivity contribution is -0.125. The first-order valence-corrected chi connectivity index (χ1v) is 11.9. The van der Waals surface area contributed by atoms with Gasteiger partial charge in [0.2, 0.25) is 17.5 Å². The standard InChI is InChI=1S/C25H26ClF2N7O3/c1-33(2)10-5-6-18(36)34-11-9-14(13-34)35-22-16(26)12-30-23(29)19(22)17(32-35)8-7-15-20(27)24(37-3)31-25(38-4)21(15)28/h5-6,12,14H,9-11,13H2,1-4H3,(H2,29,30)/b6-5+/t14-/m0/s1. The SMILES string of the molecule is COc1nc(OC)c(F)c(C#Cc2nn([C@H]3CCN(C(=O)/C=C/CN(C)C)C3)c3c(Cl)cnc(N)c23)c1F. The highest BCUT2D eigenvalue weighted by Crippen LogP contribution is 2.34. The molecule has 0 unspecified atom stereocenters. The molecule has 1 aliphatic heterocycles. The van der Waals surface area contributed by atoms with Crippen molar-refractivity contribution in [2.24, 2.45) is 0 Å². The fourth-order valence-electron chi connectivity index (χ4n) is 4.12. The second-order valence-corrected chi connectivity index (χ2v) is 9.19. The number of amides is 1. The van der Waals surface area contributed by atoms with Crippen molar-refractivity contribution >= 4 is 34.2 Å². The molecule has 38 heavy (non-hydrogen) atoms. The van der Waals surface area contributed by atoms with Crippen LogP contribution in [0.4, 0.5) is 14.6 Å². The van der Waals surface area contributed by atoms with E-state index in [9.17, 15) is 13.6 Å². The van der Waals surface area contributed by atoms with Gasteiger partial charge in [0.25, 0.3) is 11.8 Å². The maximum Gasteiger partial charge on any atom is 0.254 e. The van der Waals surface area contributed by atoms with Gasteiger partial charge in [0.05, 0.1) is 42.4 Å². The molecule has 0 spiro atoms. The van der Waals surface area contributed by atoms with Gasteiger partial charge in [-0.15, -0.1) is 0 Å². The number of halogens is 3. The highest BCUT2D eigenvalue weighted by molar-refractivity contribution is 6.35. The van der Waals surface area contributed by atoms with E-state index in [4.69, 9.17) is 26.8 Å². The topological polar surface area (TPSA) is 112 Å². The molecule has 200 valence electrons. The van der Waals surface area contributed by atoms with Crippen LogP contribution in [0.5, 0.6) is 11.8 Å². The van der Waals surface area contributed by atoms with Gasteiger partial charge in [-0.05, 0) is 26.4 Å². The van der Waals surface area contributed by atoms with Crippen molar-refractivity contribution in [1.29, 1.82) is 0 Å². The largest absolute Gasteiger partial charge is 0.479 e. The van der Waals surface area contributed by atoms with E-state index in [1.54, 1.807) is 21.7 Å². The number of nitrogen functional groups attached to an aromatic ring is 1. The molecule has 4 heterocycles. The third-order valence-electron chi connectivity index (χ3n) is 5.97. The molecule has 4 rings (SSSR count). The molecule has 0 saturated carbocycles. The van der Waals surface area contributed by atoms with Crippen LogP contribution in [0, 0.1) is 23.5 Å². The van der Waals surface area contributed by atoms with Crippen molar-refractivity contribution in [2.75, 3.05) is 53.7 Å². The van der Waals surface area contributed by atoms with Gasteiger partial charge in [-0.1, -0.05) is 23.6 Å². The van der Waals surface area contributed by atoms with Gasteiger partial charge >= 0.3 is 0 Å². The van der Waals surface area contributed by atoms with Crippen LogP contribution < -0.4 is 15.2 Å². The molecule has 1 fully saturated rings. The minimum atomic E-state index is -1.08. The number of fused-ring (bicyclic) bond motifs is 1. The van der Waals surface area contributed by atoms with Crippen molar-refractivity contribution < 1.29 is 23.0 Å². The zero-order chi connectivity index (χ0) is 27.6. The maximum absolute atomic E-state index is 14.8. The summed E-state index contributed by atoms with van der Waals surface area (Å²) >= 11 is 6.49. The quantitative estimate of drug-likeness (QED) is 0.372. The van der Waals surface area contributed by atoms with Gasteiger partial charge in [-0.2, -0.15) is 18.9 Å². The van der Waals surface area contributed by atoms with Crippen molar-refractivity contribution in [1.82, 2.24) is 29.5 Å². The lowest BCUT2D eigenvalue weighted by Crippen LogP contribution is -2.27. The van der Waals surface area contributed by atoms with E-state index in [0.717, 1.165) is 0 Å². The minimum absolute atomic E-state index is 0.100. The van der Waals surface area contributed by atoms with Crippen LogP contribution in [0.3, 0.4) is 0 Å². The van der Waals surface area contributed by atoms with Crippen LogP contribution in [0.1, 0.15) is 23.7 Å². The van der Waals surface area contributed by atoms with Crippen LogP contribution in [0.15, 0.2) is 18.3 Å². The van der Waals surface area contributed by atoms with Crippen LogP contribution in [-0.2, 0) is 4.79 Å². The van der Waals surface area contributed by atoms with E-state index in [1.807, 2.05) is 19.0 Å². The summed E-state index contributed by atoms with van der Waals surface area (Å²) in [7, 11) is 6.21. The monoisotopic (exact) mass is 545 g/mol. The second-order valence-electron chi connectivity index (χ2n) is 8.78. The van der Waals surface area contributed by atoms with Crippen molar-refractivity contribution in [3.8, 4) is 23.6 Å². The van der Waals surface area contributed by atoms with Crippen molar-refractivity contribution in [2.45, 2.75) is 12.5 Å². The lowest BCUT2D eigenvalue weighted by atomic mass is 10.2. The van der Waals surface area contributed by atoms with Gasteiger partial charge in [0, 0.05) is 25.7 Å². The maximum atomic E-state index is 14.8. The number of hydrogen-bond donors (Lipinski definition) is 1. The molecular formula is C25H26ClF2N7O3. The molecule has 0 aliphatic carbocycles. The zero-order valence-corrected chi connectivity index (χ0v) is 22.0. The highest BCUT2D eigenvalue weighted by atomic mass is 35.5. The van der Waals surface area contributed by atoms with Gasteiger partial charge < -0.3 is 25.0 Å². The molecule has 10 nitrogen and oxygen atoms in total. The Bertz CT molecular complexity index is 1450. The molecule has 1 saturated heterocycles. The Hall–Kier alpha value is -3.95. The number of pyridine rings is 2. The highest BCUT2D eigenvalue weighted by Gasteiger charge is 2.30. The molecule has 1 aliphatic rings. The predicted octanol–water partition coefficient (Wildman–Crippen LogP) is 2.65. The number of nitrogens with two attached hydrogens (primary N) is 1. The third-order valence-corrected chi connectivity index (χ3v) is 6.25. The summed E-state index contributed by atoms with van der Waals surface area (Å²) in [6.45, 7) is 1.55. The molecule has 1 atom stereocenters. The lowest BCUT2D eigenvalue weighted by Gasteiger charge is -2.16. The fourth-order valence-corrected chi connectivity index (χ4v) is 4.35. The number of anilines is 1. The Kier molecular flexibility index (Phi) is 7.99. The molecule has 3 aromatic rings. The summed E-state index contributed by atoms with van der Waals surface area (Å²) in [6, 6.07) is -0.229. The number of methoxy groups -OCH3 is 2. The molecular weight excluding hydrogens is 520 g/mol. The summed E-state index contributed by atoms with van der Waals surface area (Å²) in [5.74, 6) is 2.05. The molecule has 13 heteroatoms. The summed E-state index contributed by atoms with van der Waals surface area (Å²) in [6.07, 6.45) is 5.36. The molecule has 0 bridgehead atoms. The number of carbonyl (C=O) groups is 1. The zero-order valence-electron chi connectivity index (χ0n) is 21.3. The van der Waals surface area contributed by atoms with E-state index >= 15 is 0 Å². The molecule has 2 N–H and O–H groups in total. The van der Waals surface area contributed by atoms with Gasteiger partial charge in [-0.3, -0.25) is 9.48 Å². The van der Waals surface area contributed by atoms with E-state index in [0.29, 0.717) is 37.0 Å². The molecule has 0 radical (unpaired) electrons. The normalized spacial score (nSPS) is 15.4. The number of likely N-dealkylation sites (N-methyl/N-ethyl adjacent to an activating group) is 1. The summed E-state index contributed by atoms with van der Waals surface area (Å²) in [4.78, 5) is 24.0. The molecule has 3 aromatic heterocycles. The van der Waals surface area contributed by atoms with Crippen molar-refractivity contribution in [3.63, 3.8) is 0 Å².